The number of hydrogen-bond acceptors (Lipinski definition) is 3. The van der Waals surface area contributed by atoms with Gasteiger partial charge in [0.1, 0.15) is 0 Å². The maximum Gasteiger partial charge on any atom is 0.0420 e. The van der Waals surface area contributed by atoms with E-state index >= 15 is 0 Å². The molecule has 1 aliphatic carbocycles. The summed E-state index contributed by atoms with van der Waals surface area (Å²) in [6, 6.07) is 0.394. The highest BCUT2D eigenvalue weighted by atomic mass is 15.3. The third-order valence-corrected chi connectivity index (χ3v) is 5.04. The largest absolute Gasteiger partial charge is 0.302 e. The highest BCUT2D eigenvalue weighted by Crippen LogP contribution is 2.36. The van der Waals surface area contributed by atoms with Gasteiger partial charge in [-0.15, -0.1) is 0 Å². The number of rotatable bonds is 5. The molecule has 3 N–H and O–H groups in total. The fraction of sp³-hybridized carbons (Fsp3) is 1.00. The summed E-state index contributed by atoms with van der Waals surface area (Å²) in [6.07, 6.45) is 6.51. The summed E-state index contributed by atoms with van der Waals surface area (Å²) in [5, 5.41) is 0. The lowest BCUT2D eigenvalue weighted by Crippen LogP contribution is -2.62. The number of hydrazine groups is 1. The zero-order chi connectivity index (χ0) is 13.1. The van der Waals surface area contributed by atoms with E-state index in [0.717, 1.165) is 18.3 Å². The molecule has 0 aromatic heterocycles. The summed E-state index contributed by atoms with van der Waals surface area (Å²) < 4.78 is 0. The first-order chi connectivity index (χ1) is 7.95. The van der Waals surface area contributed by atoms with Crippen molar-refractivity contribution in [2.75, 3.05) is 14.1 Å². The van der Waals surface area contributed by atoms with Crippen molar-refractivity contribution in [3.8, 4) is 0 Å². The van der Waals surface area contributed by atoms with Crippen LogP contribution < -0.4 is 11.3 Å². The van der Waals surface area contributed by atoms with Crippen LogP contribution in [-0.4, -0.2) is 30.6 Å². The summed E-state index contributed by atoms with van der Waals surface area (Å²) in [4.78, 5) is 2.33. The molecule has 1 fully saturated rings. The van der Waals surface area contributed by atoms with Crippen molar-refractivity contribution in [2.45, 2.75) is 64.5 Å². The Morgan fingerprint density at radius 2 is 2.06 bits per heavy atom. The summed E-state index contributed by atoms with van der Waals surface area (Å²) in [5.74, 6) is 7.44. The van der Waals surface area contributed by atoms with Gasteiger partial charge in [-0.2, -0.15) is 0 Å². The van der Waals surface area contributed by atoms with Gasteiger partial charge in [-0.1, -0.05) is 26.7 Å². The second-order valence-electron chi connectivity index (χ2n) is 6.28. The average molecular weight is 241 g/mol. The van der Waals surface area contributed by atoms with Crippen LogP contribution in [0.15, 0.2) is 0 Å². The molecule has 1 saturated carbocycles. The molecule has 0 amide bonds. The number of likely N-dealkylation sites (N-methyl/N-ethyl adjacent to an activating group) is 1. The molecular weight excluding hydrogens is 210 g/mol. The molecular formula is C14H31N3. The van der Waals surface area contributed by atoms with Gasteiger partial charge in [0.2, 0.25) is 0 Å². The summed E-state index contributed by atoms with van der Waals surface area (Å²) >= 11 is 0. The number of nitrogens with zero attached hydrogens (tertiary/aromatic N) is 1. The molecule has 0 aliphatic heterocycles. The molecule has 4 atom stereocenters. The van der Waals surface area contributed by atoms with E-state index in [9.17, 15) is 0 Å². The van der Waals surface area contributed by atoms with Crippen LogP contribution in [0.4, 0.5) is 0 Å². The summed E-state index contributed by atoms with van der Waals surface area (Å²) in [5.41, 5.74) is 3.27. The van der Waals surface area contributed by atoms with Gasteiger partial charge >= 0.3 is 0 Å². The second kappa shape index (κ2) is 6.17. The van der Waals surface area contributed by atoms with Crippen LogP contribution in [-0.2, 0) is 0 Å². The van der Waals surface area contributed by atoms with E-state index in [-0.39, 0.29) is 5.54 Å². The van der Waals surface area contributed by atoms with Crippen molar-refractivity contribution in [1.29, 1.82) is 0 Å². The van der Waals surface area contributed by atoms with E-state index < -0.39 is 0 Å². The zero-order valence-electron chi connectivity index (χ0n) is 12.3. The van der Waals surface area contributed by atoms with Crippen LogP contribution in [0, 0.1) is 11.8 Å². The van der Waals surface area contributed by atoms with Crippen molar-refractivity contribution in [3.63, 3.8) is 0 Å². The van der Waals surface area contributed by atoms with Crippen LogP contribution in [0.5, 0.6) is 0 Å². The lowest BCUT2D eigenvalue weighted by Gasteiger charge is -2.47. The van der Waals surface area contributed by atoms with Crippen molar-refractivity contribution >= 4 is 0 Å². The first-order valence-corrected chi connectivity index (χ1v) is 7.09. The number of hydrogen-bond donors (Lipinski definition) is 2. The quantitative estimate of drug-likeness (QED) is 0.573. The Balaban J connectivity index is 2.81. The Labute approximate surface area is 107 Å². The SMILES string of the molecule is CCC(C)(C(NN)C1CCCC(C)C1)N(C)C. The summed E-state index contributed by atoms with van der Waals surface area (Å²) in [7, 11) is 4.33. The second-order valence-corrected chi connectivity index (χ2v) is 6.28. The van der Waals surface area contributed by atoms with Crippen LogP contribution in [0.25, 0.3) is 0 Å². The van der Waals surface area contributed by atoms with E-state index in [2.05, 4.69) is 45.2 Å². The molecule has 3 nitrogen and oxygen atoms in total. The van der Waals surface area contributed by atoms with Crippen molar-refractivity contribution in [3.05, 3.63) is 0 Å². The Bertz CT molecular complexity index is 230. The Kier molecular flexibility index (Phi) is 5.42. The average Bonchev–Trinajstić information content (AvgIpc) is 2.29. The first-order valence-electron chi connectivity index (χ1n) is 7.09. The monoisotopic (exact) mass is 241 g/mol. The Morgan fingerprint density at radius 3 is 2.47 bits per heavy atom. The minimum atomic E-state index is 0.149. The van der Waals surface area contributed by atoms with Gasteiger partial charge in [0.25, 0.3) is 0 Å². The molecule has 0 heterocycles. The maximum atomic E-state index is 5.87. The first kappa shape index (κ1) is 14.9. The lowest BCUT2D eigenvalue weighted by molar-refractivity contribution is 0.0603. The normalized spacial score (nSPS) is 31.2. The molecule has 17 heavy (non-hydrogen) atoms. The van der Waals surface area contributed by atoms with Crippen LogP contribution in [0.2, 0.25) is 0 Å². The molecule has 0 bridgehead atoms. The van der Waals surface area contributed by atoms with Crippen LogP contribution in [0.3, 0.4) is 0 Å². The Hall–Kier alpha value is -0.120. The fourth-order valence-electron chi connectivity index (χ4n) is 3.42. The van der Waals surface area contributed by atoms with Gasteiger partial charge in [0.05, 0.1) is 0 Å². The highest BCUT2D eigenvalue weighted by molar-refractivity contribution is 4.98. The highest BCUT2D eigenvalue weighted by Gasteiger charge is 2.40. The van der Waals surface area contributed by atoms with Crippen molar-refractivity contribution < 1.29 is 0 Å². The Morgan fingerprint density at radius 1 is 1.41 bits per heavy atom. The molecule has 102 valence electrons. The maximum absolute atomic E-state index is 5.87. The van der Waals surface area contributed by atoms with Gasteiger partial charge in [0.15, 0.2) is 0 Å². The van der Waals surface area contributed by atoms with Crippen LogP contribution in [0.1, 0.15) is 52.9 Å². The van der Waals surface area contributed by atoms with Gasteiger partial charge in [-0.3, -0.25) is 11.3 Å². The van der Waals surface area contributed by atoms with Crippen LogP contribution >= 0.6 is 0 Å². The topological polar surface area (TPSA) is 41.3 Å². The van der Waals surface area contributed by atoms with E-state index in [1.165, 1.54) is 25.7 Å². The van der Waals surface area contributed by atoms with E-state index in [0.29, 0.717) is 6.04 Å². The smallest absolute Gasteiger partial charge is 0.0420 e. The van der Waals surface area contributed by atoms with Crippen molar-refractivity contribution in [1.82, 2.24) is 10.3 Å². The summed E-state index contributed by atoms with van der Waals surface area (Å²) in [6.45, 7) is 6.96. The molecule has 0 aromatic carbocycles. The van der Waals surface area contributed by atoms with E-state index in [1.807, 2.05) is 0 Å². The molecule has 0 spiro atoms. The molecule has 0 saturated heterocycles. The molecule has 3 heteroatoms. The standard InChI is InChI=1S/C14H31N3/c1-6-14(3,17(4)5)13(16-15)12-9-7-8-11(2)10-12/h11-13,16H,6-10,15H2,1-5H3. The predicted molar refractivity (Wildman–Crippen MR) is 74.6 cm³/mol. The molecule has 0 aromatic rings. The molecule has 1 aliphatic rings. The zero-order valence-corrected chi connectivity index (χ0v) is 12.3. The number of nitrogens with one attached hydrogen (secondary N) is 1. The van der Waals surface area contributed by atoms with E-state index in [1.54, 1.807) is 0 Å². The predicted octanol–water partition coefficient (Wildman–Crippen LogP) is 2.37. The number of nitrogens with two attached hydrogens (primary N) is 1. The van der Waals surface area contributed by atoms with Gasteiger partial charge < -0.3 is 4.90 Å². The van der Waals surface area contributed by atoms with Crippen molar-refractivity contribution in [2.24, 2.45) is 17.7 Å². The van der Waals surface area contributed by atoms with Gasteiger partial charge in [-0.05, 0) is 52.1 Å². The lowest BCUT2D eigenvalue weighted by atomic mass is 9.71. The molecule has 1 rings (SSSR count). The minimum absolute atomic E-state index is 0.149. The van der Waals surface area contributed by atoms with E-state index in [4.69, 9.17) is 5.84 Å². The third kappa shape index (κ3) is 3.21. The minimum Gasteiger partial charge on any atom is -0.302 e. The molecule has 4 unspecified atom stereocenters. The van der Waals surface area contributed by atoms with Gasteiger partial charge in [0, 0.05) is 11.6 Å². The van der Waals surface area contributed by atoms with Gasteiger partial charge in [-0.25, -0.2) is 0 Å². The third-order valence-electron chi connectivity index (χ3n) is 5.04. The fourth-order valence-corrected chi connectivity index (χ4v) is 3.42. The molecule has 0 radical (unpaired) electrons.